The Balaban J connectivity index is 2.11. The van der Waals surface area contributed by atoms with Gasteiger partial charge in [0.2, 0.25) is 0 Å². The van der Waals surface area contributed by atoms with Crippen molar-refractivity contribution in [2.75, 3.05) is 20.1 Å². The number of unbranched alkanes of at least 4 members (excludes halogenated alkanes) is 1. The summed E-state index contributed by atoms with van der Waals surface area (Å²) in [7, 11) is 2.18. The van der Waals surface area contributed by atoms with E-state index in [2.05, 4.69) is 48.0 Å². The van der Waals surface area contributed by atoms with E-state index in [1.54, 1.807) is 12.4 Å². The lowest BCUT2D eigenvalue weighted by Gasteiger charge is -2.21. The molecule has 0 saturated carbocycles. The summed E-state index contributed by atoms with van der Waals surface area (Å²) >= 11 is 0. The molecule has 0 radical (unpaired) electrons. The van der Waals surface area contributed by atoms with E-state index in [-0.39, 0.29) is 6.04 Å². The molecule has 1 N–H and O–H groups in total. The molecule has 0 aliphatic heterocycles. The van der Waals surface area contributed by atoms with E-state index in [1.165, 1.54) is 19.4 Å². The highest BCUT2D eigenvalue weighted by atomic mass is 15.1. The van der Waals surface area contributed by atoms with Crippen molar-refractivity contribution in [2.45, 2.75) is 45.7 Å². The Morgan fingerprint density at radius 2 is 2.00 bits per heavy atom. The zero-order chi connectivity index (χ0) is 13.4. The zero-order valence-corrected chi connectivity index (χ0v) is 12.1. The number of nitrogens with one attached hydrogen (secondary N) is 1. The number of nitrogens with zero attached hydrogens (tertiary/aromatic N) is 3. The van der Waals surface area contributed by atoms with Gasteiger partial charge in [-0.3, -0.25) is 9.97 Å². The summed E-state index contributed by atoms with van der Waals surface area (Å²) in [4.78, 5) is 10.8. The third kappa shape index (κ3) is 5.56. The second-order valence-electron chi connectivity index (χ2n) is 5.09. The third-order valence-electron chi connectivity index (χ3n) is 3.30. The second-order valence-corrected chi connectivity index (χ2v) is 5.09. The van der Waals surface area contributed by atoms with Crippen LogP contribution in [-0.2, 0) is 0 Å². The molecule has 0 fully saturated rings. The van der Waals surface area contributed by atoms with Crippen molar-refractivity contribution in [3.05, 3.63) is 24.3 Å². The van der Waals surface area contributed by atoms with Gasteiger partial charge in [-0.05, 0) is 53.8 Å². The van der Waals surface area contributed by atoms with Gasteiger partial charge in [-0.2, -0.15) is 0 Å². The lowest BCUT2D eigenvalue weighted by atomic mass is 10.2. The van der Waals surface area contributed by atoms with Crippen LogP contribution in [0.3, 0.4) is 0 Å². The van der Waals surface area contributed by atoms with Crippen molar-refractivity contribution in [2.24, 2.45) is 0 Å². The Bertz CT molecular complexity index is 313. The summed E-state index contributed by atoms with van der Waals surface area (Å²) in [6.07, 6.45) is 7.70. The first-order chi connectivity index (χ1) is 8.61. The van der Waals surface area contributed by atoms with Crippen molar-refractivity contribution in [1.29, 1.82) is 0 Å². The van der Waals surface area contributed by atoms with Gasteiger partial charge in [0, 0.05) is 30.7 Å². The Morgan fingerprint density at radius 1 is 1.22 bits per heavy atom. The average molecular weight is 250 g/mol. The van der Waals surface area contributed by atoms with Gasteiger partial charge in [0.1, 0.15) is 0 Å². The molecule has 4 heteroatoms. The number of hydrogen-bond donors (Lipinski definition) is 1. The molecule has 1 heterocycles. The van der Waals surface area contributed by atoms with Crippen molar-refractivity contribution in [3.63, 3.8) is 0 Å². The third-order valence-corrected chi connectivity index (χ3v) is 3.30. The van der Waals surface area contributed by atoms with E-state index >= 15 is 0 Å². The molecule has 1 rings (SSSR count). The van der Waals surface area contributed by atoms with Gasteiger partial charge < -0.3 is 10.2 Å². The fourth-order valence-corrected chi connectivity index (χ4v) is 1.70. The summed E-state index contributed by atoms with van der Waals surface area (Å²) in [6.45, 7) is 8.79. The summed E-state index contributed by atoms with van der Waals surface area (Å²) in [6, 6.07) is 0.915. The highest BCUT2D eigenvalue weighted by Gasteiger charge is 2.06. The van der Waals surface area contributed by atoms with Gasteiger partial charge in [0.05, 0.1) is 5.69 Å². The largest absolute Gasteiger partial charge is 0.309 e. The molecule has 1 aromatic rings. The summed E-state index contributed by atoms with van der Waals surface area (Å²) < 4.78 is 0. The molecular weight excluding hydrogens is 224 g/mol. The fourth-order valence-electron chi connectivity index (χ4n) is 1.70. The molecule has 0 aromatic carbocycles. The molecule has 1 unspecified atom stereocenters. The first-order valence-electron chi connectivity index (χ1n) is 6.80. The lowest BCUT2D eigenvalue weighted by Crippen LogP contribution is -2.28. The Hall–Kier alpha value is -1.00. The molecule has 4 nitrogen and oxygen atoms in total. The van der Waals surface area contributed by atoms with Crippen LogP contribution in [0, 0.1) is 0 Å². The normalized spacial score (nSPS) is 13.2. The maximum absolute atomic E-state index is 4.30. The van der Waals surface area contributed by atoms with Crippen LogP contribution in [0.1, 0.15) is 45.3 Å². The Kier molecular flexibility index (Phi) is 6.83. The Morgan fingerprint density at radius 3 is 2.61 bits per heavy atom. The van der Waals surface area contributed by atoms with Crippen LogP contribution in [0.5, 0.6) is 0 Å². The predicted octanol–water partition coefficient (Wildman–Crippen LogP) is 2.25. The lowest BCUT2D eigenvalue weighted by molar-refractivity contribution is 0.267. The summed E-state index contributed by atoms with van der Waals surface area (Å²) in [5.41, 5.74) is 1.01. The molecule has 1 atom stereocenters. The molecule has 1 aromatic heterocycles. The fraction of sp³-hybridized carbons (Fsp3) is 0.714. The van der Waals surface area contributed by atoms with Crippen molar-refractivity contribution in [3.8, 4) is 0 Å². The summed E-state index contributed by atoms with van der Waals surface area (Å²) in [5.74, 6) is 0. The molecule has 0 aliphatic rings. The van der Waals surface area contributed by atoms with Crippen molar-refractivity contribution in [1.82, 2.24) is 20.2 Å². The van der Waals surface area contributed by atoms with Crippen molar-refractivity contribution < 1.29 is 0 Å². The highest BCUT2D eigenvalue weighted by molar-refractivity contribution is 5.00. The van der Waals surface area contributed by atoms with Crippen LogP contribution >= 0.6 is 0 Å². The first-order valence-corrected chi connectivity index (χ1v) is 6.80. The number of aromatic nitrogens is 2. The quantitative estimate of drug-likeness (QED) is 0.718. The topological polar surface area (TPSA) is 41.0 Å². The molecule has 0 amide bonds. The molecule has 102 valence electrons. The van der Waals surface area contributed by atoms with Crippen molar-refractivity contribution >= 4 is 0 Å². The van der Waals surface area contributed by atoms with Gasteiger partial charge in [0.15, 0.2) is 0 Å². The molecular formula is C14H26N4. The second kappa shape index (κ2) is 8.16. The van der Waals surface area contributed by atoms with Crippen LogP contribution in [-0.4, -0.2) is 41.0 Å². The maximum Gasteiger partial charge on any atom is 0.0753 e. The van der Waals surface area contributed by atoms with E-state index in [0.29, 0.717) is 6.04 Å². The smallest absolute Gasteiger partial charge is 0.0753 e. The van der Waals surface area contributed by atoms with E-state index in [4.69, 9.17) is 0 Å². The number of hydrogen-bond acceptors (Lipinski definition) is 4. The minimum absolute atomic E-state index is 0.279. The van der Waals surface area contributed by atoms with E-state index < -0.39 is 0 Å². The van der Waals surface area contributed by atoms with E-state index in [0.717, 1.165) is 12.2 Å². The molecule has 0 bridgehead atoms. The van der Waals surface area contributed by atoms with Gasteiger partial charge >= 0.3 is 0 Å². The molecule has 0 spiro atoms. The average Bonchev–Trinajstić information content (AvgIpc) is 2.38. The maximum atomic E-state index is 4.30. The van der Waals surface area contributed by atoms with Crippen LogP contribution in [0.25, 0.3) is 0 Å². The number of rotatable bonds is 8. The van der Waals surface area contributed by atoms with Crippen LogP contribution in [0.4, 0.5) is 0 Å². The van der Waals surface area contributed by atoms with Crippen LogP contribution in [0.15, 0.2) is 18.6 Å². The van der Waals surface area contributed by atoms with Gasteiger partial charge in [0.25, 0.3) is 0 Å². The van der Waals surface area contributed by atoms with Gasteiger partial charge in [-0.25, -0.2) is 0 Å². The monoisotopic (exact) mass is 250 g/mol. The standard InChI is InChI=1S/C14H26N4/c1-12(2)18(4)10-6-5-7-16-13(3)14-11-15-8-9-17-14/h8-9,11-13,16H,5-7,10H2,1-4H3. The molecule has 0 aliphatic carbocycles. The Labute approximate surface area is 111 Å². The van der Waals surface area contributed by atoms with E-state index in [1.807, 2.05) is 6.20 Å². The van der Waals surface area contributed by atoms with Crippen LogP contribution in [0.2, 0.25) is 0 Å². The van der Waals surface area contributed by atoms with Crippen LogP contribution < -0.4 is 5.32 Å². The van der Waals surface area contributed by atoms with Gasteiger partial charge in [-0.1, -0.05) is 0 Å². The van der Waals surface area contributed by atoms with E-state index in [9.17, 15) is 0 Å². The SMILES string of the molecule is CC(NCCCCN(C)C(C)C)c1cnccn1. The molecule has 18 heavy (non-hydrogen) atoms. The minimum atomic E-state index is 0.279. The highest BCUT2D eigenvalue weighted by Crippen LogP contribution is 2.06. The minimum Gasteiger partial charge on any atom is -0.309 e. The first kappa shape index (κ1) is 15.1. The summed E-state index contributed by atoms with van der Waals surface area (Å²) in [5, 5.41) is 3.48. The zero-order valence-electron chi connectivity index (χ0n) is 12.1. The predicted molar refractivity (Wildman–Crippen MR) is 75.4 cm³/mol. The molecule has 0 saturated heterocycles. The van der Waals surface area contributed by atoms with Gasteiger partial charge in [-0.15, -0.1) is 0 Å².